The zero-order valence-electron chi connectivity index (χ0n) is 9.93. The summed E-state index contributed by atoms with van der Waals surface area (Å²) in [5.74, 6) is 2.02. The van der Waals surface area contributed by atoms with Crippen molar-refractivity contribution in [3.05, 3.63) is 39.6 Å². The van der Waals surface area contributed by atoms with E-state index in [1.165, 1.54) is 0 Å². The highest BCUT2D eigenvalue weighted by molar-refractivity contribution is 6.35. The van der Waals surface area contributed by atoms with Gasteiger partial charge in [0.15, 0.2) is 5.82 Å². The van der Waals surface area contributed by atoms with Gasteiger partial charge >= 0.3 is 0 Å². The topological polar surface area (TPSA) is 66.7 Å². The van der Waals surface area contributed by atoms with Gasteiger partial charge in [-0.1, -0.05) is 29.3 Å². The Balaban J connectivity index is 1.94. The van der Waals surface area contributed by atoms with E-state index in [0.717, 1.165) is 17.8 Å². The predicted molar refractivity (Wildman–Crippen MR) is 76.4 cm³/mol. The standard InChI is InChI=1S/C12H14Cl2N4/c1-7-17-11(15)12(18-7)16-5-4-8-2-3-9(13)6-10(8)14/h2-3,6,16H,4-5,15H2,1H3,(H,17,18). The maximum Gasteiger partial charge on any atom is 0.168 e. The molecule has 2 aromatic rings. The van der Waals surface area contributed by atoms with E-state index in [4.69, 9.17) is 28.9 Å². The summed E-state index contributed by atoms with van der Waals surface area (Å²) in [7, 11) is 0. The Morgan fingerprint density at radius 3 is 2.78 bits per heavy atom. The van der Waals surface area contributed by atoms with Crippen molar-refractivity contribution < 1.29 is 0 Å². The Labute approximate surface area is 116 Å². The first-order valence-electron chi connectivity index (χ1n) is 5.56. The Hall–Kier alpha value is -1.39. The molecule has 0 unspecified atom stereocenters. The zero-order valence-corrected chi connectivity index (χ0v) is 11.4. The molecule has 4 nitrogen and oxygen atoms in total. The lowest BCUT2D eigenvalue weighted by Crippen LogP contribution is -2.07. The van der Waals surface area contributed by atoms with Crippen molar-refractivity contribution in [1.82, 2.24) is 9.97 Å². The Morgan fingerprint density at radius 1 is 1.39 bits per heavy atom. The van der Waals surface area contributed by atoms with Crippen LogP contribution in [0.2, 0.25) is 10.0 Å². The molecule has 0 fully saturated rings. The van der Waals surface area contributed by atoms with E-state index >= 15 is 0 Å². The van der Waals surface area contributed by atoms with Gasteiger partial charge in [-0.3, -0.25) is 0 Å². The number of aryl methyl sites for hydroxylation is 1. The lowest BCUT2D eigenvalue weighted by Gasteiger charge is -2.06. The van der Waals surface area contributed by atoms with Gasteiger partial charge in [-0.25, -0.2) is 4.98 Å². The van der Waals surface area contributed by atoms with E-state index in [0.29, 0.717) is 28.2 Å². The minimum Gasteiger partial charge on any atom is -0.382 e. The minimum atomic E-state index is 0.551. The lowest BCUT2D eigenvalue weighted by molar-refractivity contribution is 1.01. The second kappa shape index (κ2) is 5.50. The summed E-state index contributed by atoms with van der Waals surface area (Å²) in [5, 5.41) is 4.48. The molecule has 1 aromatic heterocycles. The molecule has 0 aliphatic heterocycles. The predicted octanol–water partition coefficient (Wildman–Crippen LogP) is 3.26. The number of aromatic nitrogens is 2. The van der Waals surface area contributed by atoms with Gasteiger partial charge in [0.25, 0.3) is 0 Å². The smallest absolute Gasteiger partial charge is 0.168 e. The molecule has 0 aliphatic carbocycles. The molecular weight excluding hydrogens is 271 g/mol. The first-order valence-corrected chi connectivity index (χ1v) is 6.31. The van der Waals surface area contributed by atoms with E-state index in [9.17, 15) is 0 Å². The molecule has 0 radical (unpaired) electrons. The average Bonchev–Trinajstić information content (AvgIpc) is 2.61. The molecule has 96 valence electrons. The van der Waals surface area contributed by atoms with Gasteiger partial charge in [-0.05, 0) is 31.0 Å². The number of imidazole rings is 1. The van der Waals surface area contributed by atoms with Crippen LogP contribution in [0.15, 0.2) is 18.2 Å². The van der Waals surface area contributed by atoms with Crippen LogP contribution in [-0.2, 0) is 6.42 Å². The Kier molecular flexibility index (Phi) is 3.99. The summed E-state index contributed by atoms with van der Waals surface area (Å²) >= 11 is 11.9. The van der Waals surface area contributed by atoms with Crippen LogP contribution < -0.4 is 11.1 Å². The summed E-state index contributed by atoms with van der Waals surface area (Å²) in [4.78, 5) is 7.17. The van der Waals surface area contributed by atoms with Crippen molar-refractivity contribution in [3.63, 3.8) is 0 Å². The van der Waals surface area contributed by atoms with Crippen molar-refractivity contribution in [2.75, 3.05) is 17.6 Å². The molecular formula is C12H14Cl2N4. The van der Waals surface area contributed by atoms with Crippen LogP contribution in [0.5, 0.6) is 0 Å². The Morgan fingerprint density at radius 2 is 2.17 bits per heavy atom. The second-order valence-electron chi connectivity index (χ2n) is 4.00. The summed E-state index contributed by atoms with van der Waals surface area (Å²) in [6.45, 7) is 2.56. The van der Waals surface area contributed by atoms with Gasteiger partial charge in [0.1, 0.15) is 11.6 Å². The van der Waals surface area contributed by atoms with Crippen molar-refractivity contribution >= 4 is 34.8 Å². The van der Waals surface area contributed by atoms with Crippen LogP contribution >= 0.6 is 23.2 Å². The highest BCUT2D eigenvalue weighted by atomic mass is 35.5. The highest BCUT2D eigenvalue weighted by Gasteiger charge is 2.05. The van der Waals surface area contributed by atoms with Crippen LogP contribution in [0.25, 0.3) is 0 Å². The maximum atomic E-state index is 6.09. The van der Waals surface area contributed by atoms with E-state index in [-0.39, 0.29) is 0 Å². The summed E-state index contributed by atoms with van der Waals surface area (Å²) < 4.78 is 0. The van der Waals surface area contributed by atoms with E-state index in [1.54, 1.807) is 6.07 Å². The number of nitrogen functional groups attached to an aromatic ring is 1. The van der Waals surface area contributed by atoms with E-state index in [2.05, 4.69) is 15.3 Å². The number of anilines is 2. The number of nitrogens with zero attached hydrogens (tertiary/aromatic N) is 1. The van der Waals surface area contributed by atoms with Crippen molar-refractivity contribution in [2.45, 2.75) is 13.3 Å². The molecule has 0 spiro atoms. The van der Waals surface area contributed by atoms with Crippen LogP contribution in [0.4, 0.5) is 11.6 Å². The minimum absolute atomic E-state index is 0.551. The number of rotatable bonds is 4. The number of nitrogens with one attached hydrogen (secondary N) is 2. The summed E-state index contributed by atoms with van der Waals surface area (Å²) in [5.41, 5.74) is 6.79. The van der Waals surface area contributed by atoms with Gasteiger partial charge in [0.2, 0.25) is 0 Å². The maximum absolute atomic E-state index is 6.09. The molecule has 0 aliphatic rings. The van der Waals surface area contributed by atoms with Gasteiger partial charge in [-0.2, -0.15) is 0 Å². The van der Waals surface area contributed by atoms with Gasteiger partial charge in [0, 0.05) is 16.6 Å². The Bertz CT molecular complexity index is 551. The highest BCUT2D eigenvalue weighted by Crippen LogP contribution is 2.21. The molecule has 4 N–H and O–H groups in total. The first-order chi connectivity index (χ1) is 8.56. The van der Waals surface area contributed by atoms with Crippen molar-refractivity contribution in [1.29, 1.82) is 0 Å². The first kappa shape index (κ1) is 13.1. The normalized spacial score (nSPS) is 10.6. The van der Waals surface area contributed by atoms with Gasteiger partial charge in [0.05, 0.1) is 0 Å². The van der Waals surface area contributed by atoms with Crippen molar-refractivity contribution in [2.24, 2.45) is 0 Å². The van der Waals surface area contributed by atoms with Crippen LogP contribution in [0.1, 0.15) is 11.4 Å². The van der Waals surface area contributed by atoms with Crippen LogP contribution in [0, 0.1) is 6.92 Å². The SMILES string of the molecule is Cc1nc(NCCc2ccc(Cl)cc2Cl)c(N)[nH]1. The third-order valence-corrected chi connectivity index (χ3v) is 3.14. The molecule has 0 bridgehead atoms. The monoisotopic (exact) mass is 284 g/mol. The largest absolute Gasteiger partial charge is 0.382 e. The fourth-order valence-corrected chi connectivity index (χ4v) is 2.19. The van der Waals surface area contributed by atoms with Gasteiger partial charge in [-0.15, -0.1) is 0 Å². The molecule has 1 heterocycles. The number of benzene rings is 1. The van der Waals surface area contributed by atoms with Gasteiger partial charge < -0.3 is 16.0 Å². The molecule has 1 aromatic carbocycles. The lowest BCUT2D eigenvalue weighted by atomic mass is 10.1. The second-order valence-corrected chi connectivity index (χ2v) is 4.84. The number of hydrogen-bond acceptors (Lipinski definition) is 3. The fraction of sp³-hybridized carbons (Fsp3) is 0.250. The molecule has 2 rings (SSSR count). The number of hydrogen-bond donors (Lipinski definition) is 3. The number of halogens is 2. The average molecular weight is 285 g/mol. The van der Waals surface area contributed by atoms with Crippen LogP contribution in [-0.4, -0.2) is 16.5 Å². The van der Waals surface area contributed by atoms with E-state index in [1.807, 2.05) is 19.1 Å². The molecule has 0 amide bonds. The fourth-order valence-electron chi connectivity index (χ4n) is 1.68. The third kappa shape index (κ3) is 3.09. The molecule has 0 saturated heterocycles. The summed E-state index contributed by atoms with van der Waals surface area (Å²) in [6, 6.07) is 5.49. The summed E-state index contributed by atoms with van der Waals surface area (Å²) in [6.07, 6.45) is 0.779. The molecule has 0 atom stereocenters. The van der Waals surface area contributed by atoms with Crippen molar-refractivity contribution in [3.8, 4) is 0 Å². The zero-order chi connectivity index (χ0) is 13.1. The number of nitrogens with two attached hydrogens (primary N) is 1. The quantitative estimate of drug-likeness (QED) is 0.807. The molecule has 6 heteroatoms. The number of H-pyrrole nitrogens is 1. The van der Waals surface area contributed by atoms with E-state index < -0.39 is 0 Å². The number of aromatic amines is 1. The molecule has 18 heavy (non-hydrogen) atoms. The van der Waals surface area contributed by atoms with Crippen LogP contribution in [0.3, 0.4) is 0 Å². The third-order valence-electron chi connectivity index (χ3n) is 2.55. The molecule has 0 saturated carbocycles.